The molecule has 4 heteroatoms. The number of anilines is 1. The van der Waals surface area contributed by atoms with Crippen LogP contribution < -0.4 is 4.90 Å². The molecule has 0 saturated carbocycles. The lowest BCUT2D eigenvalue weighted by Gasteiger charge is -2.27. The number of rotatable bonds is 1. The highest BCUT2D eigenvalue weighted by Crippen LogP contribution is 2.15. The lowest BCUT2D eigenvalue weighted by atomic mass is 10.2. The molecule has 2 aliphatic heterocycles. The summed E-state index contributed by atoms with van der Waals surface area (Å²) >= 11 is 0. The minimum Gasteiger partial charge on any atom is -0.378 e. The predicted octanol–water partition coefficient (Wildman–Crippen LogP) is 2.81. The van der Waals surface area contributed by atoms with Crippen LogP contribution in [0.2, 0.25) is 0 Å². The fourth-order valence-electron chi connectivity index (χ4n) is 2.58. The minimum absolute atomic E-state index is 1.08. The monoisotopic (exact) mass is 274 g/mol. The van der Waals surface area contributed by atoms with Crippen molar-refractivity contribution >= 4 is 11.5 Å². The third-order valence-corrected chi connectivity index (χ3v) is 3.75. The summed E-state index contributed by atoms with van der Waals surface area (Å²) in [5.41, 5.74) is 1.19. The van der Waals surface area contributed by atoms with E-state index in [4.69, 9.17) is 0 Å². The number of hydrogen-bond donors (Lipinski definition) is 0. The molecule has 0 aromatic carbocycles. The molecular formula is C16H26N4. The number of nitrogens with zero attached hydrogens (tertiary/aromatic N) is 4. The second-order valence-electron chi connectivity index (χ2n) is 5.55. The van der Waals surface area contributed by atoms with Crippen LogP contribution in [0, 0.1) is 0 Å². The SMILES string of the molecule is C1CCC2=NCCCN2CC1.CN(C)c1ccncc1. The molecular weight excluding hydrogens is 248 g/mol. The standard InChI is InChI=1S/C9H16N2.C7H10N2/c1-2-5-9-10-6-4-8-11(9)7-3-1;1-9(2)7-3-5-8-6-4-7/h1-8H2;3-6H,1-2H3. The Kier molecular flexibility index (Phi) is 5.84. The van der Waals surface area contributed by atoms with Crippen molar-refractivity contribution in [3.63, 3.8) is 0 Å². The molecule has 0 aliphatic carbocycles. The average molecular weight is 274 g/mol. The van der Waals surface area contributed by atoms with Gasteiger partial charge < -0.3 is 9.80 Å². The van der Waals surface area contributed by atoms with Crippen LogP contribution in [0.5, 0.6) is 0 Å². The van der Waals surface area contributed by atoms with E-state index in [-0.39, 0.29) is 0 Å². The normalized spacial score (nSPS) is 18.1. The van der Waals surface area contributed by atoms with Gasteiger partial charge in [0.25, 0.3) is 0 Å². The van der Waals surface area contributed by atoms with Gasteiger partial charge in [-0.2, -0.15) is 0 Å². The van der Waals surface area contributed by atoms with Crippen LogP contribution in [0.1, 0.15) is 32.1 Å². The average Bonchev–Trinajstić information content (AvgIpc) is 2.74. The van der Waals surface area contributed by atoms with E-state index < -0.39 is 0 Å². The third-order valence-electron chi connectivity index (χ3n) is 3.75. The van der Waals surface area contributed by atoms with Gasteiger partial charge >= 0.3 is 0 Å². The van der Waals surface area contributed by atoms with Crippen LogP contribution in [-0.2, 0) is 0 Å². The summed E-state index contributed by atoms with van der Waals surface area (Å²) in [5.74, 6) is 1.40. The van der Waals surface area contributed by atoms with Gasteiger partial charge in [0.15, 0.2) is 0 Å². The van der Waals surface area contributed by atoms with E-state index in [1.807, 2.05) is 31.1 Å². The molecule has 0 amide bonds. The number of aromatic nitrogens is 1. The first-order valence-corrected chi connectivity index (χ1v) is 7.63. The Morgan fingerprint density at radius 3 is 2.45 bits per heavy atom. The maximum atomic E-state index is 4.55. The van der Waals surface area contributed by atoms with Crippen molar-refractivity contribution in [3.8, 4) is 0 Å². The van der Waals surface area contributed by atoms with E-state index in [0.717, 1.165) is 6.54 Å². The van der Waals surface area contributed by atoms with E-state index in [1.54, 1.807) is 12.4 Å². The summed E-state index contributed by atoms with van der Waals surface area (Å²) in [6, 6.07) is 3.94. The fraction of sp³-hybridized carbons (Fsp3) is 0.625. The van der Waals surface area contributed by atoms with Crippen LogP contribution in [0.15, 0.2) is 29.5 Å². The second kappa shape index (κ2) is 7.88. The molecule has 2 aliphatic rings. The summed E-state index contributed by atoms with van der Waals surface area (Å²) in [5, 5.41) is 0. The Hall–Kier alpha value is -1.58. The number of fused-ring (bicyclic) bond motifs is 1. The third kappa shape index (κ3) is 4.51. The van der Waals surface area contributed by atoms with Gasteiger partial charge in [-0.05, 0) is 31.4 Å². The Balaban J connectivity index is 0.000000151. The molecule has 20 heavy (non-hydrogen) atoms. The van der Waals surface area contributed by atoms with Gasteiger partial charge in [0, 0.05) is 58.2 Å². The quantitative estimate of drug-likeness (QED) is 0.789. The van der Waals surface area contributed by atoms with E-state index in [9.17, 15) is 0 Å². The van der Waals surface area contributed by atoms with Crippen molar-refractivity contribution in [2.75, 3.05) is 38.6 Å². The van der Waals surface area contributed by atoms with Crippen LogP contribution in [0.3, 0.4) is 0 Å². The molecule has 0 radical (unpaired) electrons. The largest absolute Gasteiger partial charge is 0.378 e. The molecule has 1 saturated heterocycles. The van der Waals surface area contributed by atoms with Crippen molar-refractivity contribution in [2.45, 2.75) is 32.1 Å². The Bertz CT molecular complexity index is 414. The number of pyridine rings is 1. The van der Waals surface area contributed by atoms with Gasteiger partial charge in [-0.25, -0.2) is 0 Å². The molecule has 3 heterocycles. The van der Waals surface area contributed by atoms with Crippen LogP contribution in [0.25, 0.3) is 0 Å². The number of amidine groups is 1. The van der Waals surface area contributed by atoms with E-state index in [0.29, 0.717) is 0 Å². The Labute approximate surface area is 122 Å². The molecule has 110 valence electrons. The zero-order chi connectivity index (χ0) is 14.2. The smallest absolute Gasteiger partial charge is 0.0988 e. The van der Waals surface area contributed by atoms with Crippen LogP contribution in [0.4, 0.5) is 5.69 Å². The number of hydrogen-bond acceptors (Lipinski definition) is 4. The zero-order valence-corrected chi connectivity index (χ0v) is 12.8. The Morgan fingerprint density at radius 2 is 1.75 bits per heavy atom. The van der Waals surface area contributed by atoms with E-state index in [2.05, 4.69) is 14.9 Å². The molecule has 1 fully saturated rings. The maximum absolute atomic E-state index is 4.55. The molecule has 0 unspecified atom stereocenters. The second-order valence-corrected chi connectivity index (χ2v) is 5.55. The summed E-state index contributed by atoms with van der Waals surface area (Å²) in [4.78, 5) is 13.0. The first kappa shape index (κ1) is 14.8. The summed E-state index contributed by atoms with van der Waals surface area (Å²) in [6.07, 6.45) is 10.2. The molecule has 0 spiro atoms. The van der Waals surface area contributed by atoms with Crippen molar-refractivity contribution in [3.05, 3.63) is 24.5 Å². The van der Waals surface area contributed by atoms with Crippen molar-refractivity contribution in [1.82, 2.24) is 9.88 Å². The van der Waals surface area contributed by atoms with Gasteiger partial charge in [-0.1, -0.05) is 6.42 Å². The number of aliphatic imine (C=N–C) groups is 1. The minimum atomic E-state index is 1.08. The van der Waals surface area contributed by atoms with Crippen molar-refractivity contribution in [1.29, 1.82) is 0 Å². The highest BCUT2D eigenvalue weighted by molar-refractivity contribution is 5.83. The summed E-state index contributed by atoms with van der Waals surface area (Å²) in [7, 11) is 4.02. The van der Waals surface area contributed by atoms with Crippen LogP contribution in [-0.4, -0.2) is 49.4 Å². The highest BCUT2D eigenvalue weighted by atomic mass is 15.2. The topological polar surface area (TPSA) is 31.7 Å². The summed E-state index contributed by atoms with van der Waals surface area (Å²) < 4.78 is 0. The molecule has 0 atom stereocenters. The highest BCUT2D eigenvalue weighted by Gasteiger charge is 2.16. The molecule has 4 nitrogen and oxygen atoms in total. The molecule has 3 rings (SSSR count). The first-order chi connectivity index (χ1) is 9.77. The molecule has 0 bridgehead atoms. The van der Waals surface area contributed by atoms with Crippen molar-refractivity contribution in [2.24, 2.45) is 4.99 Å². The van der Waals surface area contributed by atoms with Gasteiger partial charge in [-0.3, -0.25) is 9.98 Å². The van der Waals surface area contributed by atoms with Gasteiger partial charge in [0.2, 0.25) is 0 Å². The zero-order valence-electron chi connectivity index (χ0n) is 12.8. The lowest BCUT2D eigenvalue weighted by molar-refractivity contribution is 0.391. The van der Waals surface area contributed by atoms with Gasteiger partial charge in [0.05, 0.1) is 5.84 Å². The predicted molar refractivity (Wildman–Crippen MR) is 85.5 cm³/mol. The van der Waals surface area contributed by atoms with E-state index in [1.165, 1.54) is 56.7 Å². The van der Waals surface area contributed by atoms with E-state index >= 15 is 0 Å². The first-order valence-electron chi connectivity index (χ1n) is 7.63. The molecule has 1 aromatic heterocycles. The maximum Gasteiger partial charge on any atom is 0.0988 e. The van der Waals surface area contributed by atoms with Crippen LogP contribution >= 0.6 is 0 Å². The molecule has 0 N–H and O–H groups in total. The summed E-state index contributed by atoms with van der Waals surface area (Å²) in [6.45, 7) is 3.60. The van der Waals surface area contributed by atoms with Gasteiger partial charge in [-0.15, -0.1) is 0 Å². The molecule has 1 aromatic rings. The fourth-order valence-corrected chi connectivity index (χ4v) is 2.58. The lowest BCUT2D eigenvalue weighted by Crippen LogP contribution is -2.34. The van der Waals surface area contributed by atoms with Gasteiger partial charge in [0.1, 0.15) is 0 Å². The Morgan fingerprint density at radius 1 is 1.00 bits per heavy atom. The van der Waals surface area contributed by atoms with Crippen molar-refractivity contribution < 1.29 is 0 Å².